The van der Waals surface area contributed by atoms with Crippen LogP contribution in [0.5, 0.6) is 5.75 Å². The van der Waals surface area contributed by atoms with Crippen LogP contribution in [0.2, 0.25) is 0 Å². The van der Waals surface area contributed by atoms with Gasteiger partial charge in [-0.15, -0.1) is 0 Å². The van der Waals surface area contributed by atoms with Crippen LogP contribution in [0.1, 0.15) is 121 Å². The van der Waals surface area contributed by atoms with Gasteiger partial charge in [0.2, 0.25) is 0 Å². The number of nitrogens with zero attached hydrogens (tertiary/aromatic N) is 3. The highest BCUT2D eigenvalue weighted by atomic mass is 16.3. The molecule has 9 aromatic rings. The summed E-state index contributed by atoms with van der Waals surface area (Å²) in [5.74, 6) is 0.879. The summed E-state index contributed by atoms with van der Waals surface area (Å²) in [6.45, 7) is 26.6. The molecule has 0 amide bonds. The zero-order valence-corrected chi connectivity index (χ0v) is 43.3. The minimum atomic E-state index is -2.18. The predicted octanol–water partition coefficient (Wildman–Crippen LogP) is 17.9. The summed E-state index contributed by atoms with van der Waals surface area (Å²) < 4.78 is 26.0. The Hall–Kier alpha value is -7.04. The monoisotopic (exact) mass is 923 g/mol. The van der Waals surface area contributed by atoms with Crippen molar-refractivity contribution >= 4 is 11.0 Å². The number of imidazole rings is 1. The van der Waals surface area contributed by atoms with Crippen LogP contribution >= 0.6 is 0 Å². The van der Waals surface area contributed by atoms with Crippen LogP contribution in [0.4, 0.5) is 0 Å². The molecule has 0 aliphatic carbocycles. The maximum absolute atomic E-state index is 12.7. The van der Waals surface area contributed by atoms with E-state index in [9.17, 15) is 5.11 Å². The maximum atomic E-state index is 12.7. The number of fused-ring (bicyclic) bond motifs is 1. The van der Waals surface area contributed by atoms with E-state index in [0.717, 1.165) is 94.7 Å². The van der Waals surface area contributed by atoms with Crippen molar-refractivity contribution in [3.05, 3.63) is 191 Å². The second kappa shape index (κ2) is 17.7. The van der Waals surface area contributed by atoms with Gasteiger partial charge < -0.3 is 5.11 Å². The maximum Gasteiger partial charge on any atom is 0.149 e. The van der Waals surface area contributed by atoms with Crippen molar-refractivity contribution < 1.29 is 9.22 Å². The quantitative estimate of drug-likeness (QED) is 0.173. The summed E-state index contributed by atoms with van der Waals surface area (Å²) >= 11 is 0. The molecular weight excluding hydrogens is 851 g/mol. The Balaban J connectivity index is 1.33. The van der Waals surface area contributed by atoms with E-state index in [4.69, 9.17) is 14.1 Å². The molecule has 0 aliphatic rings. The molecule has 2 heterocycles. The van der Waals surface area contributed by atoms with E-state index in [0.29, 0.717) is 17.0 Å². The number of pyridine rings is 1. The summed E-state index contributed by atoms with van der Waals surface area (Å²) in [5.41, 5.74) is 18.4. The summed E-state index contributed by atoms with van der Waals surface area (Å²) in [7, 11) is 0. The third-order valence-corrected chi connectivity index (χ3v) is 13.8. The minimum absolute atomic E-state index is 0.0313. The van der Waals surface area contributed by atoms with Crippen LogP contribution in [0, 0.1) is 13.8 Å². The molecule has 4 heteroatoms. The van der Waals surface area contributed by atoms with Crippen LogP contribution in [0.15, 0.2) is 158 Å². The van der Waals surface area contributed by atoms with Crippen molar-refractivity contribution in [1.29, 1.82) is 0 Å². The first-order valence-electron chi connectivity index (χ1n) is 26.1. The number of aromatic hydroxyl groups is 1. The van der Waals surface area contributed by atoms with Gasteiger partial charge in [0.25, 0.3) is 0 Å². The molecule has 0 saturated heterocycles. The molecule has 0 spiro atoms. The first-order valence-corrected chi connectivity index (χ1v) is 24.6. The average molecular weight is 923 g/mol. The number of phenolic OH excluding ortho intramolecular Hbond substituents is 1. The van der Waals surface area contributed by atoms with Gasteiger partial charge >= 0.3 is 0 Å². The van der Waals surface area contributed by atoms with Crippen LogP contribution in [0.25, 0.3) is 83.9 Å². The van der Waals surface area contributed by atoms with Gasteiger partial charge in [-0.1, -0.05) is 192 Å². The SMILES string of the molecule is [2H]C([2H])([2H])c1ccc(-c2ccnc(-c3cc(-c4cccc5c4nc(-c4cc(C(C)(C)C)cc(C(C)(C)C)c4O)n5-c4cc(C)c(-c5ccc(C(C)(C)C)cc5)cc4-c4ccccc4)cc(C(C)(C)C)c3)c2)cc1. The van der Waals surface area contributed by atoms with Crippen molar-refractivity contribution in [2.45, 2.75) is 119 Å². The van der Waals surface area contributed by atoms with Gasteiger partial charge in [-0.3, -0.25) is 9.55 Å². The highest BCUT2D eigenvalue weighted by Gasteiger charge is 2.30. The van der Waals surface area contributed by atoms with E-state index in [-0.39, 0.29) is 27.4 Å². The molecule has 0 bridgehead atoms. The van der Waals surface area contributed by atoms with Gasteiger partial charge in [0.1, 0.15) is 11.6 Å². The lowest BCUT2D eigenvalue weighted by Crippen LogP contribution is -2.17. The molecule has 0 saturated carbocycles. The molecule has 354 valence electrons. The molecule has 1 N–H and O–H groups in total. The highest BCUT2D eigenvalue weighted by Crippen LogP contribution is 2.47. The average Bonchev–Trinajstić information content (AvgIpc) is 3.72. The van der Waals surface area contributed by atoms with Gasteiger partial charge in [-0.25, -0.2) is 4.98 Å². The molecular formula is C66H69N3O. The zero-order valence-electron chi connectivity index (χ0n) is 46.3. The Morgan fingerprint density at radius 2 is 1.10 bits per heavy atom. The Morgan fingerprint density at radius 1 is 0.471 bits per heavy atom. The normalized spacial score (nSPS) is 13.3. The fourth-order valence-electron chi connectivity index (χ4n) is 9.55. The van der Waals surface area contributed by atoms with Gasteiger partial charge in [-0.2, -0.15) is 0 Å². The molecule has 0 fully saturated rings. The van der Waals surface area contributed by atoms with Crippen molar-refractivity contribution in [2.24, 2.45) is 0 Å². The van der Waals surface area contributed by atoms with Crippen LogP contribution in [-0.4, -0.2) is 19.6 Å². The second-order valence-electron chi connectivity index (χ2n) is 23.3. The molecule has 0 atom stereocenters. The van der Waals surface area contributed by atoms with E-state index in [1.165, 1.54) is 5.56 Å². The number of rotatable bonds is 7. The lowest BCUT2D eigenvalue weighted by atomic mass is 9.79. The summed E-state index contributed by atoms with van der Waals surface area (Å²) in [4.78, 5) is 10.7. The number of hydrogen-bond donors (Lipinski definition) is 1. The fraction of sp³-hybridized carbons (Fsp3) is 0.273. The number of aromatic nitrogens is 3. The third kappa shape index (κ3) is 9.37. The molecule has 2 aromatic heterocycles. The van der Waals surface area contributed by atoms with E-state index in [1.54, 1.807) is 12.1 Å². The van der Waals surface area contributed by atoms with Crippen LogP contribution in [-0.2, 0) is 21.7 Å². The predicted molar refractivity (Wildman–Crippen MR) is 297 cm³/mol. The van der Waals surface area contributed by atoms with Crippen molar-refractivity contribution in [3.63, 3.8) is 0 Å². The standard InChI is InChI=1S/C66H69N3O/c1-41-23-25-43(26-24-41)46-31-32-67-57(37-46)48-34-47(35-50(36-48)64(6,7)8)52-21-18-22-58-60(52)68-62(55-38-51(65(9,10)11)39-56(61(55)70)66(12,13)14)69(58)59-33-42(2)53(40-54(59)44-19-16-15-17-20-44)45-27-29-49(30-28-45)63(3,4)5/h15-40,70H,1-14H3/i1D3. The molecule has 0 radical (unpaired) electrons. The first-order chi connectivity index (χ1) is 34.2. The van der Waals surface area contributed by atoms with E-state index in [2.05, 4.69) is 216 Å². The van der Waals surface area contributed by atoms with E-state index < -0.39 is 6.85 Å². The van der Waals surface area contributed by atoms with Gasteiger partial charge in [0, 0.05) is 32.6 Å². The fourth-order valence-corrected chi connectivity index (χ4v) is 9.55. The van der Waals surface area contributed by atoms with Crippen LogP contribution in [0.3, 0.4) is 0 Å². The molecule has 4 nitrogen and oxygen atoms in total. The molecule has 9 rings (SSSR count). The largest absolute Gasteiger partial charge is 0.507 e. The molecule has 70 heavy (non-hydrogen) atoms. The minimum Gasteiger partial charge on any atom is -0.507 e. The number of aryl methyl sites for hydroxylation is 2. The van der Waals surface area contributed by atoms with Crippen molar-refractivity contribution in [3.8, 4) is 78.6 Å². The van der Waals surface area contributed by atoms with Gasteiger partial charge in [0.05, 0.1) is 28.0 Å². The number of benzene rings is 7. The topological polar surface area (TPSA) is 50.9 Å². The highest BCUT2D eigenvalue weighted by molar-refractivity contribution is 5.98. The lowest BCUT2D eigenvalue weighted by molar-refractivity contribution is 0.446. The Labute approximate surface area is 421 Å². The summed E-state index contributed by atoms with van der Waals surface area (Å²) in [6.07, 6.45) is 1.82. The van der Waals surface area contributed by atoms with E-state index >= 15 is 0 Å². The van der Waals surface area contributed by atoms with E-state index in [1.807, 2.05) is 24.4 Å². The second-order valence-corrected chi connectivity index (χ2v) is 23.3. The summed E-state index contributed by atoms with van der Waals surface area (Å²) in [6, 6.07) is 52.9. The number of phenols is 1. The van der Waals surface area contributed by atoms with Gasteiger partial charge in [0.15, 0.2) is 0 Å². The zero-order chi connectivity index (χ0) is 52.6. The van der Waals surface area contributed by atoms with Crippen molar-refractivity contribution in [1.82, 2.24) is 14.5 Å². The molecule has 7 aromatic carbocycles. The van der Waals surface area contributed by atoms with Gasteiger partial charge in [-0.05, 0) is 140 Å². The van der Waals surface area contributed by atoms with Crippen molar-refractivity contribution in [2.75, 3.05) is 0 Å². The summed E-state index contributed by atoms with van der Waals surface area (Å²) in [5, 5.41) is 12.7. The molecule has 0 aliphatic heterocycles. The lowest BCUT2D eigenvalue weighted by Gasteiger charge is -2.28. The Kier molecular flexibility index (Phi) is 11.2. The van der Waals surface area contributed by atoms with Crippen LogP contribution < -0.4 is 0 Å². The first kappa shape index (κ1) is 44.2. The Morgan fingerprint density at radius 3 is 1.74 bits per heavy atom. The number of hydrogen-bond acceptors (Lipinski definition) is 3. The third-order valence-electron chi connectivity index (χ3n) is 13.8. The molecule has 0 unspecified atom stereocenters. The number of para-hydroxylation sites is 1. The Bertz CT molecular complexity index is 3520. The smallest absolute Gasteiger partial charge is 0.149 e.